The quantitative estimate of drug-likeness (QED) is 0.509. The zero-order valence-corrected chi connectivity index (χ0v) is 20.0. The fourth-order valence-electron chi connectivity index (χ4n) is 4.54. The molecule has 178 valence electrons. The van der Waals surface area contributed by atoms with Crippen molar-refractivity contribution in [3.8, 4) is 11.5 Å². The van der Waals surface area contributed by atoms with Crippen LogP contribution in [0.25, 0.3) is 0 Å². The summed E-state index contributed by atoms with van der Waals surface area (Å²) in [6.07, 6.45) is 4.58. The van der Waals surface area contributed by atoms with Gasteiger partial charge in [0.2, 0.25) is 11.8 Å². The number of likely N-dealkylation sites (tertiary alicyclic amines) is 1. The number of carbonyl (C=O) groups excluding carboxylic acids is 2. The molecule has 3 rings (SSSR count). The number of ether oxygens (including phenoxy) is 2. The van der Waals surface area contributed by atoms with Gasteiger partial charge < -0.3 is 19.7 Å². The van der Waals surface area contributed by atoms with Crippen LogP contribution in [-0.2, 0) is 16.0 Å². The average molecular weight is 453 g/mol. The van der Waals surface area contributed by atoms with E-state index in [0.717, 1.165) is 42.7 Å². The van der Waals surface area contributed by atoms with Crippen molar-refractivity contribution in [1.29, 1.82) is 0 Å². The molecule has 2 unspecified atom stereocenters. The maximum absolute atomic E-state index is 13.3. The second-order valence-electron chi connectivity index (χ2n) is 8.52. The highest BCUT2D eigenvalue weighted by Gasteiger charge is 2.41. The predicted molar refractivity (Wildman–Crippen MR) is 129 cm³/mol. The lowest BCUT2D eigenvalue weighted by Crippen LogP contribution is -2.48. The first-order valence-electron chi connectivity index (χ1n) is 11.9. The molecule has 6 heteroatoms. The Morgan fingerprint density at radius 2 is 1.82 bits per heavy atom. The number of nitrogens with one attached hydrogen (secondary N) is 1. The third kappa shape index (κ3) is 6.28. The summed E-state index contributed by atoms with van der Waals surface area (Å²) in [5.74, 6) is 1.39. The number of rotatable bonds is 11. The van der Waals surface area contributed by atoms with Crippen molar-refractivity contribution in [1.82, 2.24) is 10.2 Å². The number of hydrogen-bond donors (Lipinski definition) is 1. The van der Waals surface area contributed by atoms with E-state index in [4.69, 9.17) is 9.47 Å². The summed E-state index contributed by atoms with van der Waals surface area (Å²) in [7, 11) is 3.29. The Balaban J connectivity index is 1.69. The Kier molecular flexibility index (Phi) is 9.16. The summed E-state index contributed by atoms with van der Waals surface area (Å²) in [6.45, 7) is 3.36. The molecule has 1 heterocycles. The van der Waals surface area contributed by atoms with Gasteiger partial charge in [-0.25, -0.2) is 0 Å². The highest BCUT2D eigenvalue weighted by atomic mass is 16.5. The smallest absolute Gasteiger partial charge is 0.225 e. The van der Waals surface area contributed by atoms with Crippen LogP contribution in [0.2, 0.25) is 0 Å². The van der Waals surface area contributed by atoms with Crippen LogP contribution >= 0.6 is 0 Å². The maximum atomic E-state index is 13.3. The van der Waals surface area contributed by atoms with Crippen LogP contribution in [0.3, 0.4) is 0 Å². The van der Waals surface area contributed by atoms with Crippen LogP contribution in [0.15, 0.2) is 48.5 Å². The Labute approximate surface area is 197 Å². The summed E-state index contributed by atoms with van der Waals surface area (Å²) < 4.78 is 10.8. The van der Waals surface area contributed by atoms with E-state index in [1.165, 1.54) is 5.56 Å². The third-order valence-electron chi connectivity index (χ3n) is 6.35. The molecule has 1 N–H and O–H groups in total. The maximum Gasteiger partial charge on any atom is 0.225 e. The van der Waals surface area contributed by atoms with Crippen molar-refractivity contribution in [2.24, 2.45) is 5.92 Å². The molecule has 0 bridgehead atoms. The summed E-state index contributed by atoms with van der Waals surface area (Å²) in [5.41, 5.74) is 2.12. The molecule has 2 atom stereocenters. The summed E-state index contributed by atoms with van der Waals surface area (Å²) >= 11 is 0. The second kappa shape index (κ2) is 12.3. The topological polar surface area (TPSA) is 67.9 Å². The van der Waals surface area contributed by atoms with Crippen LogP contribution in [0.1, 0.15) is 56.2 Å². The van der Waals surface area contributed by atoms with E-state index in [1.54, 1.807) is 14.2 Å². The van der Waals surface area contributed by atoms with E-state index >= 15 is 0 Å². The number of amides is 2. The molecule has 6 nitrogen and oxygen atoms in total. The van der Waals surface area contributed by atoms with Gasteiger partial charge in [-0.2, -0.15) is 0 Å². The van der Waals surface area contributed by atoms with Crippen molar-refractivity contribution in [2.75, 3.05) is 27.3 Å². The summed E-state index contributed by atoms with van der Waals surface area (Å²) in [5, 5.41) is 3.13. The van der Waals surface area contributed by atoms with Crippen LogP contribution in [-0.4, -0.2) is 44.0 Å². The first-order chi connectivity index (χ1) is 16.1. The minimum atomic E-state index is -0.310. The van der Waals surface area contributed by atoms with E-state index < -0.39 is 0 Å². The molecule has 1 aliphatic heterocycles. The molecule has 0 saturated carbocycles. The van der Waals surface area contributed by atoms with Gasteiger partial charge >= 0.3 is 0 Å². The van der Waals surface area contributed by atoms with E-state index in [9.17, 15) is 9.59 Å². The van der Waals surface area contributed by atoms with Crippen molar-refractivity contribution < 1.29 is 19.1 Å². The number of carbonyl (C=O) groups is 2. The monoisotopic (exact) mass is 452 g/mol. The normalized spacial score (nSPS) is 18.2. The third-order valence-corrected chi connectivity index (χ3v) is 6.35. The van der Waals surface area contributed by atoms with E-state index in [1.807, 2.05) is 41.3 Å². The number of hydrogen-bond acceptors (Lipinski definition) is 4. The molecular formula is C27H36N2O4. The van der Waals surface area contributed by atoms with Crippen LogP contribution in [0.5, 0.6) is 11.5 Å². The van der Waals surface area contributed by atoms with E-state index in [0.29, 0.717) is 25.9 Å². The Hall–Kier alpha value is -3.02. The molecule has 33 heavy (non-hydrogen) atoms. The second-order valence-corrected chi connectivity index (χ2v) is 8.52. The van der Waals surface area contributed by atoms with Gasteiger partial charge in [0, 0.05) is 25.1 Å². The van der Waals surface area contributed by atoms with Crippen molar-refractivity contribution in [3.05, 3.63) is 59.7 Å². The zero-order chi connectivity index (χ0) is 23.6. The molecule has 2 aromatic carbocycles. The molecule has 0 aliphatic carbocycles. The molecule has 0 radical (unpaired) electrons. The van der Waals surface area contributed by atoms with Crippen LogP contribution in [0.4, 0.5) is 0 Å². The Bertz CT molecular complexity index is 913. The minimum Gasteiger partial charge on any atom is -0.497 e. The van der Waals surface area contributed by atoms with Gasteiger partial charge in [0.25, 0.3) is 0 Å². The summed E-state index contributed by atoms with van der Waals surface area (Å²) in [6, 6.07) is 15.4. The van der Waals surface area contributed by atoms with E-state index in [-0.39, 0.29) is 23.8 Å². The SMILES string of the molecule is CCCCN1C(=O)CCC(C(=O)NCCCc2ccc(OC)cc2)C1c1ccccc1OC. The molecule has 0 spiro atoms. The van der Waals surface area contributed by atoms with E-state index in [2.05, 4.69) is 24.4 Å². The fraction of sp³-hybridized carbons (Fsp3) is 0.481. The lowest BCUT2D eigenvalue weighted by molar-refractivity contribution is -0.143. The fourth-order valence-corrected chi connectivity index (χ4v) is 4.54. The number of unbranched alkanes of at least 4 members (excludes halogenated alkanes) is 1. The van der Waals surface area contributed by atoms with Crippen molar-refractivity contribution in [2.45, 2.75) is 51.5 Å². The van der Waals surface area contributed by atoms with Gasteiger partial charge in [-0.3, -0.25) is 9.59 Å². The van der Waals surface area contributed by atoms with Gasteiger partial charge in [-0.05, 0) is 49.4 Å². The molecule has 1 saturated heterocycles. The van der Waals surface area contributed by atoms with Crippen molar-refractivity contribution in [3.63, 3.8) is 0 Å². The van der Waals surface area contributed by atoms with Crippen molar-refractivity contribution >= 4 is 11.8 Å². The van der Waals surface area contributed by atoms with Gasteiger partial charge in [-0.1, -0.05) is 43.7 Å². The number of piperidine rings is 1. The lowest BCUT2D eigenvalue weighted by atomic mass is 9.83. The molecule has 2 amide bonds. The van der Waals surface area contributed by atoms with Crippen LogP contribution < -0.4 is 14.8 Å². The zero-order valence-electron chi connectivity index (χ0n) is 20.0. The number of methoxy groups -OCH3 is 2. The molecule has 1 aliphatic rings. The number of benzene rings is 2. The molecular weight excluding hydrogens is 416 g/mol. The highest BCUT2D eigenvalue weighted by molar-refractivity contribution is 5.85. The Morgan fingerprint density at radius 1 is 1.06 bits per heavy atom. The Morgan fingerprint density at radius 3 is 2.52 bits per heavy atom. The first kappa shape index (κ1) is 24.6. The van der Waals surface area contributed by atoms with Gasteiger partial charge in [-0.15, -0.1) is 0 Å². The predicted octanol–water partition coefficient (Wildman–Crippen LogP) is 4.53. The van der Waals surface area contributed by atoms with Gasteiger partial charge in [0.15, 0.2) is 0 Å². The molecule has 0 aromatic heterocycles. The average Bonchev–Trinajstić information content (AvgIpc) is 2.85. The summed E-state index contributed by atoms with van der Waals surface area (Å²) in [4.78, 5) is 28.1. The molecule has 1 fully saturated rings. The lowest BCUT2D eigenvalue weighted by Gasteiger charge is -2.41. The highest BCUT2D eigenvalue weighted by Crippen LogP contribution is 2.40. The van der Waals surface area contributed by atoms with Gasteiger partial charge in [0.1, 0.15) is 11.5 Å². The van der Waals surface area contributed by atoms with Crippen LogP contribution in [0, 0.1) is 5.92 Å². The number of aryl methyl sites for hydroxylation is 1. The first-order valence-corrected chi connectivity index (χ1v) is 11.9. The van der Waals surface area contributed by atoms with Gasteiger partial charge in [0.05, 0.1) is 26.2 Å². The largest absolute Gasteiger partial charge is 0.497 e. The minimum absolute atomic E-state index is 0.00892. The number of para-hydroxylation sites is 1. The molecule has 2 aromatic rings. The number of nitrogens with zero attached hydrogens (tertiary/aromatic N) is 1. The standard InChI is InChI=1S/C27H36N2O4/c1-4-5-19-29-25(30)17-16-23(26(29)22-10-6-7-11-24(22)33-3)27(31)28-18-8-9-20-12-14-21(32-2)15-13-20/h6-7,10-15,23,26H,4-5,8-9,16-19H2,1-3H3,(H,28,31).